The van der Waals surface area contributed by atoms with Crippen molar-refractivity contribution in [3.8, 4) is 16.9 Å². The second-order valence-electron chi connectivity index (χ2n) is 7.87. The number of nitrogens with zero attached hydrogens (tertiary/aromatic N) is 1. The molecule has 0 unspecified atom stereocenters. The molecule has 5 rings (SSSR count). The van der Waals surface area contributed by atoms with Gasteiger partial charge < -0.3 is 4.74 Å². The standard InChI is InChI=1S/C26H15F6NO/c1-34-19-8-9-20-23(13-19)33-22-12-15-4-7-18(26(30,31)32)10-16(15)11-21(22)24(20)14-2-5-17(6-3-14)25(27,28)29/h2-13H,1H3. The first-order valence-corrected chi connectivity index (χ1v) is 10.1. The van der Waals surface area contributed by atoms with Crippen LogP contribution in [0.2, 0.25) is 0 Å². The summed E-state index contributed by atoms with van der Waals surface area (Å²) >= 11 is 0. The van der Waals surface area contributed by atoms with Crippen molar-refractivity contribution < 1.29 is 31.1 Å². The molecule has 0 atom stereocenters. The zero-order valence-electron chi connectivity index (χ0n) is 17.6. The fraction of sp³-hybridized carbons (Fsp3) is 0.115. The number of pyridine rings is 1. The van der Waals surface area contributed by atoms with Crippen molar-refractivity contribution in [3.05, 3.63) is 83.9 Å². The van der Waals surface area contributed by atoms with Crippen LogP contribution >= 0.6 is 0 Å². The Balaban J connectivity index is 1.85. The number of benzene rings is 4. The first kappa shape index (κ1) is 22.0. The number of hydrogen-bond donors (Lipinski definition) is 0. The summed E-state index contributed by atoms with van der Waals surface area (Å²) in [6.07, 6.45) is -8.99. The van der Waals surface area contributed by atoms with Gasteiger partial charge in [0.05, 0.1) is 29.3 Å². The summed E-state index contributed by atoms with van der Waals surface area (Å²) in [5, 5.41) is 2.09. The highest BCUT2D eigenvalue weighted by molar-refractivity contribution is 6.13. The molecule has 0 bridgehead atoms. The number of rotatable bonds is 2. The molecule has 0 spiro atoms. The van der Waals surface area contributed by atoms with Crippen molar-refractivity contribution in [2.24, 2.45) is 0 Å². The maximum Gasteiger partial charge on any atom is 0.416 e. The van der Waals surface area contributed by atoms with E-state index in [-0.39, 0.29) is 0 Å². The number of aromatic nitrogens is 1. The molecule has 0 fully saturated rings. The van der Waals surface area contributed by atoms with Crippen LogP contribution in [-0.2, 0) is 12.4 Å². The SMILES string of the molecule is COc1ccc2c(-c3ccc(C(F)(F)F)cc3)c3cc4cc(C(F)(F)F)ccc4cc3nc2c1. The molecule has 0 amide bonds. The molecule has 0 aliphatic heterocycles. The number of methoxy groups -OCH3 is 1. The molecular weight excluding hydrogens is 456 g/mol. The quantitative estimate of drug-likeness (QED) is 0.191. The Morgan fingerprint density at radius 3 is 1.91 bits per heavy atom. The predicted octanol–water partition coefficient (Wildman–Crippen LogP) is 8.25. The second-order valence-corrected chi connectivity index (χ2v) is 7.87. The lowest BCUT2D eigenvalue weighted by molar-refractivity contribution is -0.138. The first-order valence-electron chi connectivity index (χ1n) is 10.1. The van der Waals surface area contributed by atoms with Crippen molar-refractivity contribution >= 4 is 32.6 Å². The molecule has 0 radical (unpaired) electrons. The van der Waals surface area contributed by atoms with Crippen molar-refractivity contribution in [2.75, 3.05) is 7.11 Å². The van der Waals surface area contributed by atoms with Gasteiger partial charge in [0.1, 0.15) is 5.75 Å². The summed E-state index contributed by atoms with van der Waals surface area (Å²) < 4.78 is 84.4. The average Bonchev–Trinajstić information content (AvgIpc) is 2.79. The van der Waals surface area contributed by atoms with Crippen molar-refractivity contribution in [1.29, 1.82) is 0 Å². The van der Waals surface area contributed by atoms with Gasteiger partial charge in [0, 0.05) is 22.4 Å². The lowest BCUT2D eigenvalue weighted by Crippen LogP contribution is -2.04. The van der Waals surface area contributed by atoms with Crippen LogP contribution in [0.4, 0.5) is 26.3 Å². The summed E-state index contributed by atoms with van der Waals surface area (Å²) in [6, 6.07) is 16.6. The second kappa shape index (κ2) is 7.62. The van der Waals surface area contributed by atoms with Crippen LogP contribution in [0.5, 0.6) is 5.75 Å². The molecule has 1 aromatic heterocycles. The van der Waals surface area contributed by atoms with Gasteiger partial charge in [-0.25, -0.2) is 4.98 Å². The molecule has 0 aliphatic rings. The van der Waals surface area contributed by atoms with Gasteiger partial charge in [0.2, 0.25) is 0 Å². The molecule has 2 nitrogen and oxygen atoms in total. The molecule has 5 aromatic rings. The fourth-order valence-electron chi connectivity index (χ4n) is 4.11. The molecule has 0 saturated carbocycles. The largest absolute Gasteiger partial charge is 0.497 e. The molecule has 0 N–H and O–H groups in total. The Bertz CT molecular complexity index is 1550. The van der Waals surface area contributed by atoms with E-state index in [1.165, 1.54) is 25.3 Å². The van der Waals surface area contributed by atoms with Crippen LogP contribution in [0.1, 0.15) is 11.1 Å². The van der Waals surface area contributed by atoms with Gasteiger partial charge in [-0.05, 0) is 64.9 Å². The van der Waals surface area contributed by atoms with Crippen molar-refractivity contribution in [3.63, 3.8) is 0 Å². The van der Waals surface area contributed by atoms with Crippen LogP contribution in [0.25, 0.3) is 43.7 Å². The molecule has 172 valence electrons. The van der Waals surface area contributed by atoms with E-state index in [1.807, 2.05) is 0 Å². The summed E-state index contributed by atoms with van der Waals surface area (Å²) in [5.41, 5.74) is 0.545. The molecule has 1 heterocycles. The van der Waals surface area contributed by atoms with Gasteiger partial charge in [-0.2, -0.15) is 26.3 Å². The molecular formula is C26H15F6NO. The number of hydrogen-bond acceptors (Lipinski definition) is 2. The van der Waals surface area contributed by atoms with Gasteiger partial charge in [-0.3, -0.25) is 0 Å². The monoisotopic (exact) mass is 471 g/mol. The Labute approximate surface area is 189 Å². The Kier molecular flexibility index (Phi) is 4.93. The smallest absolute Gasteiger partial charge is 0.416 e. The number of fused-ring (bicyclic) bond motifs is 3. The van der Waals surface area contributed by atoms with E-state index in [0.717, 1.165) is 24.3 Å². The van der Waals surface area contributed by atoms with Crippen molar-refractivity contribution in [2.45, 2.75) is 12.4 Å². The van der Waals surface area contributed by atoms with Crippen LogP contribution in [-0.4, -0.2) is 12.1 Å². The van der Waals surface area contributed by atoms with Crippen LogP contribution in [0.15, 0.2) is 72.8 Å². The summed E-state index contributed by atoms with van der Waals surface area (Å²) in [4.78, 5) is 4.67. The summed E-state index contributed by atoms with van der Waals surface area (Å²) in [6.45, 7) is 0. The average molecular weight is 471 g/mol. The Morgan fingerprint density at radius 2 is 1.26 bits per heavy atom. The minimum absolute atomic E-state index is 0.352. The minimum Gasteiger partial charge on any atom is -0.497 e. The van der Waals surface area contributed by atoms with Crippen LogP contribution in [0, 0.1) is 0 Å². The third kappa shape index (κ3) is 3.79. The lowest BCUT2D eigenvalue weighted by atomic mass is 9.93. The molecule has 8 heteroatoms. The predicted molar refractivity (Wildman–Crippen MR) is 119 cm³/mol. The summed E-state index contributed by atoms with van der Waals surface area (Å²) in [7, 11) is 1.50. The Hall–Kier alpha value is -3.81. The lowest BCUT2D eigenvalue weighted by Gasteiger charge is -2.15. The van der Waals surface area contributed by atoms with E-state index >= 15 is 0 Å². The highest BCUT2D eigenvalue weighted by Gasteiger charge is 2.31. The molecule has 4 aromatic carbocycles. The maximum absolute atomic E-state index is 13.3. The van der Waals surface area contributed by atoms with E-state index in [2.05, 4.69) is 4.98 Å². The first-order chi connectivity index (χ1) is 16.0. The van der Waals surface area contributed by atoms with Gasteiger partial charge in [0.15, 0.2) is 0 Å². The third-order valence-electron chi connectivity index (χ3n) is 5.77. The van der Waals surface area contributed by atoms with Crippen LogP contribution < -0.4 is 4.74 Å². The minimum atomic E-state index is -4.50. The molecule has 0 saturated heterocycles. The highest BCUT2D eigenvalue weighted by Crippen LogP contribution is 2.40. The van der Waals surface area contributed by atoms with E-state index in [0.29, 0.717) is 49.5 Å². The summed E-state index contributed by atoms with van der Waals surface area (Å²) in [5.74, 6) is 0.549. The van der Waals surface area contributed by atoms with Gasteiger partial charge in [-0.1, -0.05) is 18.2 Å². The fourth-order valence-corrected chi connectivity index (χ4v) is 4.11. The molecule has 34 heavy (non-hydrogen) atoms. The normalized spacial score (nSPS) is 12.6. The zero-order valence-corrected chi connectivity index (χ0v) is 17.6. The van der Waals surface area contributed by atoms with E-state index < -0.39 is 23.5 Å². The maximum atomic E-state index is 13.3. The van der Waals surface area contributed by atoms with Crippen molar-refractivity contribution in [1.82, 2.24) is 4.98 Å². The highest BCUT2D eigenvalue weighted by atomic mass is 19.4. The number of ether oxygens (including phenoxy) is 1. The van der Waals surface area contributed by atoms with E-state index in [4.69, 9.17) is 4.74 Å². The van der Waals surface area contributed by atoms with Gasteiger partial charge >= 0.3 is 12.4 Å². The van der Waals surface area contributed by atoms with Gasteiger partial charge in [0.25, 0.3) is 0 Å². The zero-order chi connectivity index (χ0) is 24.3. The Morgan fingerprint density at radius 1 is 0.618 bits per heavy atom. The van der Waals surface area contributed by atoms with Gasteiger partial charge in [-0.15, -0.1) is 0 Å². The topological polar surface area (TPSA) is 22.1 Å². The number of alkyl halides is 6. The molecule has 0 aliphatic carbocycles. The third-order valence-corrected chi connectivity index (χ3v) is 5.77. The van der Waals surface area contributed by atoms with E-state index in [1.54, 1.807) is 30.3 Å². The van der Waals surface area contributed by atoms with Crippen LogP contribution in [0.3, 0.4) is 0 Å². The van der Waals surface area contributed by atoms with E-state index in [9.17, 15) is 26.3 Å². The number of halogens is 6.